The number of rotatable bonds is 1. The molecule has 1 saturated heterocycles. The second kappa shape index (κ2) is 3.79. The van der Waals surface area contributed by atoms with Crippen molar-refractivity contribution >= 4 is 23.3 Å². The Morgan fingerprint density at radius 1 is 1.44 bits per heavy atom. The van der Waals surface area contributed by atoms with Gasteiger partial charge < -0.3 is 4.90 Å². The summed E-state index contributed by atoms with van der Waals surface area (Å²) in [4.78, 5) is 27.1. The van der Waals surface area contributed by atoms with Gasteiger partial charge in [0.1, 0.15) is 16.7 Å². The molecule has 86 valence electrons. The second-order valence-corrected chi connectivity index (χ2v) is 4.04. The zero-order chi connectivity index (χ0) is 11.9. The van der Waals surface area contributed by atoms with Crippen molar-refractivity contribution in [3.05, 3.63) is 25.9 Å². The summed E-state index contributed by atoms with van der Waals surface area (Å²) >= 11 is 5.87. The maximum atomic E-state index is 11.6. The van der Waals surface area contributed by atoms with E-state index >= 15 is 0 Å². The molecular formula is C9H11ClN4O2. The van der Waals surface area contributed by atoms with Gasteiger partial charge in [-0.15, -0.1) is 0 Å². The Kier molecular flexibility index (Phi) is 2.59. The van der Waals surface area contributed by atoms with Crippen LogP contribution in [0.3, 0.4) is 0 Å². The fraction of sp³-hybridized carbons (Fsp3) is 0.444. The molecule has 2 heterocycles. The van der Waals surface area contributed by atoms with Crippen molar-refractivity contribution in [3.63, 3.8) is 0 Å². The molecule has 0 atom stereocenters. The predicted molar refractivity (Wildman–Crippen MR) is 61.6 cm³/mol. The molecule has 0 aliphatic carbocycles. The first-order valence-electron chi connectivity index (χ1n) is 4.86. The Morgan fingerprint density at radius 3 is 2.69 bits per heavy atom. The molecule has 0 aromatic carbocycles. The highest BCUT2D eigenvalue weighted by Crippen LogP contribution is 2.23. The van der Waals surface area contributed by atoms with Gasteiger partial charge in [0, 0.05) is 20.0 Å². The number of H-pyrrole nitrogens is 1. The number of nitrogens with zero attached hydrogens (tertiary/aromatic N) is 2. The van der Waals surface area contributed by atoms with Crippen LogP contribution in [0.1, 0.15) is 12.8 Å². The fourth-order valence-electron chi connectivity index (χ4n) is 1.69. The zero-order valence-corrected chi connectivity index (χ0v) is 9.47. The third kappa shape index (κ3) is 1.55. The molecule has 0 bridgehead atoms. The van der Waals surface area contributed by atoms with Gasteiger partial charge in [-0.1, -0.05) is 11.6 Å². The standard InChI is InChI=1S/C9H11ClN4O2/c1-13-8(15)6(10)7(12-9(13)16)14-4-2-3-5(14)11/h11H,2-4H2,1H3,(H,12,16). The summed E-state index contributed by atoms with van der Waals surface area (Å²) in [7, 11) is 1.35. The summed E-state index contributed by atoms with van der Waals surface area (Å²) < 4.78 is 0.908. The SMILES string of the molecule is Cn1c(=O)[nH]c(N2CCCC2=N)c(Cl)c1=O. The molecule has 1 aromatic rings. The summed E-state index contributed by atoms with van der Waals surface area (Å²) in [6, 6.07) is 0. The van der Waals surface area contributed by atoms with Crippen LogP contribution in [0.5, 0.6) is 0 Å². The highest BCUT2D eigenvalue weighted by molar-refractivity contribution is 6.33. The third-order valence-electron chi connectivity index (χ3n) is 2.62. The minimum absolute atomic E-state index is 0.0475. The first-order chi connectivity index (χ1) is 7.52. The van der Waals surface area contributed by atoms with Crippen LogP contribution in [0.25, 0.3) is 0 Å². The van der Waals surface area contributed by atoms with Crippen LogP contribution < -0.4 is 16.1 Å². The maximum absolute atomic E-state index is 11.6. The molecule has 1 aliphatic heterocycles. The first-order valence-corrected chi connectivity index (χ1v) is 5.24. The lowest BCUT2D eigenvalue weighted by molar-refractivity contribution is 0.771. The van der Waals surface area contributed by atoms with Gasteiger partial charge >= 0.3 is 5.69 Å². The van der Waals surface area contributed by atoms with E-state index in [1.165, 1.54) is 7.05 Å². The Morgan fingerprint density at radius 2 is 2.12 bits per heavy atom. The first kappa shape index (κ1) is 10.9. The van der Waals surface area contributed by atoms with Gasteiger partial charge in [-0.25, -0.2) is 4.79 Å². The van der Waals surface area contributed by atoms with Crippen molar-refractivity contribution < 1.29 is 0 Å². The van der Waals surface area contributed by atoms with E-state index in [1.807, 2.05) is 0 Å². The van der Waals surface area contributed by atoms with Gasteiger partial charge in [0.05, 0.1) is 0 Å². The van der Waals surface area contributed by atoms with E-state index in [9.17, 15) is 9.59 Å². The Hall–Kier alpha value is -1.56. The van der Waals surface area contributed by atoms with E-state index in [0.29, 0.717) is 18.8 Å². The Bertz CT molecular complexity index is 560. The normalized spacial score (nSPS) is 15.9. The monoisotopic (exact) mass is 242 g/mol. The summed E-state index contributed by atoms with van der Waals surface area (Å²) in [5.74, 6) is 0.600. The second-order valence-electron chi connectivity index (χ2n) is 3.66. The van der Waals surface area contributed by atoms with Gasteiger partial charge in [-0.3, -0.25) is 19.8 Å². The molecule has 0 spiro atoms. The van der Waals surface area contributed by atoms with Crippen LogP contribution in [0.4, 0.5) is 5.82 Å². The van der Waals surface area contributed by atoms with Gasteiger partial charge in [0.15, 0.2) is 0 Å². The molecule has 1 fully saturated rings. The lowest BCUT2D eigenvalue weighted by Gasteiger charge is -2.18. The van der Waals surface area contributed by atoms with Crippen molar-refractivity contribution in [2.45, 2.75) is 12.8 Å². The highest BCUT2D eigenvalue weighted by Gasteiger charge is 2.23. The van der Waals surface area contributed by atoms with Gasteiger partial charge in [0.25, 0.3) is 5.56 Å². The number of aromatic nitrogens is 2. The molecule has 0 radical (unpaired) electrons. The largest absolute Gasteiger partial charge is 0.329 e. The van der Waals surface area contributed by atoms with Crippen LogP contribution in [0.2, 0.25) is 5.02 Å². The number of aromatic amines is 1. The molecule has 0 amide bonds. The highest BCUT2D eigenvalue weighted by atomic mass is 35.5. The Balaban J connectivity index is 2.62. The zero-order valence-electron chi connectivity index (χ0n) is 8.71. The van der Waals surface area contributed by atoms with E-state index in [0.717, 1.165) is 11.0 Å². The van der Waals surface area contributed by atoms with E-state index in [4.69, 9.17) is 17.0 Å². The summed E-state index contributed by atoms with van der Waals surface area (Å²) in [5, 5.41) is 7.62. The van der Waals surface area contributed by atoms with E-state index in [1.54, 1.807) is 4.90 Å². The molecule has 2 rings (SSSR count). The van der Waals surface area contributed by atoms with Gasteiger partial charge in [-0.2, -0.15) is 0 Å². The molecular weight excluding hydrogens is 232 g/mol. The van der Waals surface area contributed by atoms with Crippen molar-refractivity contribution in [2.24, 2.45) is 7.05 Å². The molecule has 1 aromatic heterocycles. The lowest BCUT2D eigenvalue weighted by Crippen LogP contribution is -2.37. The number of anilines is 1. The van der Waals surface area contributed by atoms with Gasteiger partial charge in [0.2, 0.25) is 0 Å². The number of nitrogens with one attached hydrogen (secondary N) is 2. The molecule has 1 aliphatic rings. The molecule has 7 heteroatoms. The smallest absolute Gasteiger partial charge is 0.315 e. The topological polar surface area (TPSA) is 81.9 Å². The van der Waals surface area contributed by atoms with Crippen LogP contribution in [0, 0.1) is 5.41 Å². The minimum atomic E-state index is -0.542. The average molecular weight is 243 g/mol. The van der Waals surface area contributed by atoms with Crippen molar-refractivity contribution in [2.75, 3.05) is 11.4 Å². The number of hydrogen-bond donors (Lipinski definition) is 2. The van der Waals surface area contributed by atoms with E-state index < -0.39 is 11.2 Å². The van der Waals surface area contributed by atoms with Crippen LogP contribution in [-0.2, 0) is 7.05 Å². The molecule has 6 nitrogen and oxygen atoms in total. The van der Waals surface area contributed by atoms with Crippen LogP contribution in [0.15, 0.2) is 9.59 Å². The van der Waals surface area contributed by atoms with E-state index in [-0.39, 0.29) is 10.8 Å². The Labute approximate surface area is 96.0 Å². The van der Waals surface area contributed by atoms with Gasteiger partial charge in [-0.05, 0) is 6.42 Å². The molecule has 2 N–H and O–H groups in total. The number of hydrogen-bond acceptors (Lipinski definition) is 3. The van der Waals surface area contributed by atoms with Crippen molar-refractivity contribution in [1.29, 1.82) is 5.41 Å². The molecule has 0 unspecified atom stereocenters. The van der Waals surface area contributed by atoms with Crippen molar-refractivity contribution in [3.8, 4) is 0 Å². The number of amidine groups is 1. The van der Waals surface area contributed by atoms with Crippen LogP contribution >= 0.6 is 11.6 Å². The molecule has 16 heavy (non-hydrogen) atoms. The summed E-state index contributed by atoms with van der Waals surface area (Å²) in [6.45, 7) is 0.599. The fourth-order valence-corrected chi connectivity index (χ4v) is 1.96. The average Bonchev–Trinajstić information content (AvgIpc) is 2.67. The summed E-state index contributed by atoms with van der Waals surface area (Å²) in [6.07, 6.45) is 1.46. The minimum Gasteiger partial charge on any atom is -0.315 e. The quantitative estimate of drug-likeness (QED) is 0.743. The number of halogens is 1. The molecule has 0 saturated carbocycles. The predicted octanol–water partition coefficient (Wildman–Crippen LogP) is 0.304. The lowest BCUT2D eigenvalue weighted by atomic mass is 10.4. The summed E-state index contributed by atoms with van der Waals surface area (Å²) in [5.41, 5.74) is -1.07. The van der Waals surface area contributed by atoms with Crippen LogP contribution in [-0.4, -0.2) is 21.9 Å². The van der Waals surface area contributed by atoms with Crippen molar-refractivity contribution in [1.82, 2.24) is 9.55 Å². The maximum Gasteiger partial charge on any atom is 0.329 e. The van der Waals surface area contributed by atoms with E-state index in [2.05, 4.69) is 4.98 Å². The third-order valence-corrected chi connectivity index (χ3v) is 2.96.